The Morgan fingerprint density at radius 3 is 1.00 bits per heavy atom. The first-order chi connectivity index (χ1) is 30.9. The Hall–Kier alpha value is -6.73. The second kappa shape index (κ2) is 16.1. The van der Waals surface area contributed by atoms with Crippen LogP contribution in [0.4, 0.5) is 34.1 Å². The minimum atomic E-state index is -1.72. The molecule has 0 heterocycles. The van der Waals surface area contributed by atoms with Gasteiger partial charge in [0.1, 0.15) is 0 Å². The first-order valence-corrected chi connectivity index (χ1v) is 29.7. The topological polar surface area (TPSA) is 6.48 Å². The fourth-order valence-electron chi connectivity index (χ4n) is 9.96. The molecule has 0 spiro atoms. The Labute approximate surface area is 381 Å². The summed E-state index contributed by atoms with van der Waals surface area (Å²) in [7, 11) is -3.43. The van der Waals surface area contributed by atoms with Crippen LogP contribution in [0.25, 0.3) is 54.6 Å². The zero-order valence-corrected chi connectivity index (χ0v) is 40.4. The number of hydrogen-bond donors (Lipinski definition) is 0. The van der Waals surface area contributed by atoms with Gasteiger partial charge in [0.2, 0.25) is 0 Å². The zero-order chi connectivity index (χ0) is 44.3. The van der Waals surface area contributed by atoms with Gasteiger partial charge in [-0.2, -0.15) is 0 Å². The number of hydrogen-bond acceptors (Lipinski definition) is 2. The standard InChI is InChI=1S/C60H56N2Si2/c1-41-37-57(63(3,4)5)51(43-21-13-9-14-22-43)39-55(41)61(47-25-17-11-18-26-47)53-35-31-45-30-34-50-54(36-32-46-29-33-49(53)59(45)60(46)50)62(48-27-19-12-20-28-48)56-40-52(44-23-15-10-16-24-44)58(38-42(56)2)64(6,7)8/h9-40H,1-8H3. The average molecular weight is 861 g/mol. The van der Waals surface area contributed by atoms with Gasteiger partial charge in [0.15, 0.2) is 0 Å². The molecule has 4 heteroatoms. The van der Waals surface area contributed by atoms with E-state index in [9.17, 15) is 0 Å². The van der Waals surface area contributed by atoms with Crippen LogP contribution in [0.3, 0.4) is 0 Å². The van der Waals surface area contributed by atoms with Gasteiger partial charge in [-0.25, -0.2) is 0 Å². The van der Waals surface area contributed by atoms with Crippen molar-refractivity contribution < 1.29 is 0 Å². The van der Waals surface area contributed by atoms with Crippen molar-refractivity contribution >= 4 is 93.0 Å². The highest BCUT2D eigenvalue weighted by Crippen LogP contribution is 2.49. The van der Waals surface area contributed by atoms with E-state index in [-0.39, 0.29) is 0 Å². The largest absolute Gasteiger partial charge is 0.310 e. The molecule has 0 saturated heterocycles. The van der Waals surface area contributed by atoms with Crippen molar-refractivity contribution in [1.82, 2.24) is 0 Å². The van der Waals surface area contributed by atoms with Gasteiger partial charge in [0.05, 0.1) is 27.5 Å². The van der Waals surface area contributed by atoms with Gasteiger partial charge in [-0.3, -0.25) is 0 Å². The Kier molecular flexibility index (Phi) is 10.4. The summed E-state index contributed by atoms with van der Waals surface area (Å²) in [6, 6.07) is 72.5. The van der Waals surface area contributed by atoms with Gasteiger partial charge in [-0.15, -0.1) is 0 Å². The number of nitrogens with zero attached hydrogens (tertiary/aromatic N) is 2. The maximum absolute atomic E-state index is 2.51. The molecule has 0 atom stereocenters. The van der Waals surface area contributed by atoms with E-state index in [4.69, 9.17) is 0 Å². The molecule has 2 nitrogen and oxygen atoms in total. The van der Waals surface area contributed by atoms with Crippen molar-refractivity contribution in [2.75, 3.05) is 9.80 Å². The SMILES string of the molecule is Cc1cc([Si](C)(C)C)c(-c2ccccc2)cc1N(c1ccccc1)c1ccc2ccc3c(N(c4ccccc4)c4cc(-c5ccccc5)c([Si](C)(C)C)cc4C)ccc4ccc1c2c43. The second-order valence-corrected chi connectivity index (χ2v) is 29.6. The van der Waals surface area contributed by atoms with Gasteiger partial charge in [0, 0.05) is 33.5 Å². The van der Waals surface area contributed by atoms with Crippen LogP contribution in [0.2, 0.25) is 39.3 Å². The number of rotatable bonds is 10. The highest BCUT2D eigenvalue weighted by molar-refractivity contribution is 6.90. The molecule has 0 aliphatic carbocycles. The van der Waals surface area contributed by atoms with E-state index in [1.807, 2.05) is 0 Å². The molecule has 10 aromatic carbocycles. The van der Waals surface area contributed by atoms with E-state index < -0.39 is 16.1 Å². The van der Waals surface area contributed by atoms with Crippen molar-refractivity contribution in [2.24, 2.45) is 0 Å². The molecule has 0 N–H and O–H groups in total. The molecule has 0 amide bonds. The highest BCUT2D eigenvalue weighted by atomic mass is 28.3. The third kappa shape index (κ3) is 7.31. The molecule has 10 aromatic rings. The molecule has 0 aliphatic rings. The van der Waals surface area contributed by atoms with E-state index in [2.05, 4.69) is 257 Å². The molecule has 314 valence electrons. The third-order valence-electron chi connectivity index (χ3n) is 13.1. The van der Waals surface area contributed by atoms with E-state index in [0.29, 0.717) is 0 Å². The fourth-order valence-corrected chi connectivity index (χ4v) is 13.3. The van der Waals surface area contributed by atoms with Gasteiger partial charge < -0.3 is 9.80 Å². The van der Waals surface area contributed by atoms with Crippen molar-refractivity contribution in [3.63, 3.8) is 0 Å². The minimum Gasteiger partial charge on any atom is -0.310 e. The summed E-state index contributed by atoms with van der Waals surface area (Å²) < 4.78 is 0. The summed E-state index contributed by atoms with van der Waals surface area (Å²) in [4.78, 5) is 5.01. The maximum Gasteiger partial charge on any atom is 0.0784 e. The molecule has 0 unspecified atom stereocenters. The van der Waals surface area contributed by atoms with Gasteiger partial charge in [-0.1, -0.05) is 195 Å². The summed E-state index contributed by atoms with van der Waals surface area (Å²) >= 11 is 0. The van der Waals surface area contributed by atoms with Crippen molar-refractivity contribution in [1.29, 1.82) is 0 Å². The Balaban J connectivity index is 1.23. The molecular formula is C60H56N2Si2. The van der Waals surface area contributed by atoms with Crippen LogP contribution in [-0.2, 0) is 0 Å². The zero-order valence-electron chi connectivity index (χ0n) is 38.4. The molecule has 0 saturated carbocycles. The normalized spacial score (nSPS) is 12.1. The quantitative estimate of drug-likeness (QED) is 0.0998. The van der Waals surface area contributed by atoms with Gasteiger partial charge in [-0.05, 0) is 117 Å². The molecule has 64 heavy (non-hydrogen) atoms. The highest BCUT2D eigenvalue weighted by Gasteiger charge is 2.28. The first kappa shape index (κ1) is 41.3. The van der Waals surface area contributed by atoms with Crippen molar-refractivity contribution in [2.45, 2.75) is 53.1 Å². The van der Waals surface area contributed by atoms with Crippen molar-refractivity contribution in [3.8, 4) is 22.3 Å². The van der Waals surface area contributed by atoms with E-state index >= 15 is 0 Å². The maximum atomic E-state index is 2.51. The van der Waals surface area contributed by atoms with Crippen LogP contribution in [0.1, 0.15) is 11.1 Å². The third-order valence-corrected chi connectivity index (χ3v) is 17.1. The van der Waals surface area contributed by atoms with E-state index in [1.165, 1.54) is 98.8 Å². The van der Waals surface area contributed by atoms with E-state index in [0.717, 1.165) is 11.4 Å². The lowest BCUT2D eigenvalue weighted by Crippen LogP contribution is -2.39. The lowest BCUT2D eigenvalue weighted by Gasteiger charge is -2.32. The lowest BCUT2D eigenvalue weighted by molar-refractivity contribution is 1.26. The van der Waals surface area contributed by atoms with Crippen LogP contribution in [0.5, 0.6) is 0 Å². The molecule has 0 fully saturated rings. The number of benzene rings is 10. The first-order valence-electron chi connectivity index (χ1n) is 22.7. The van der Waals surface area contributed by atoms with E-state index in [1.54, 1.807) is 0 Å². The summed E-state index contributed by atoms with van der Waals surface area (Å²) in [5, 5.41) is 10.5. The molecular weight excluding hydrogens is 805 g/mol. The molecule has 0 radical (unpaired) electrons. The van der Waals surface area contributed by atoms with Crippen LogP contribution in [-0.4, -0.2) is 16.1 Å². The molecule has 10 rings (SSSR count). The lowest BCUT2D eigenvalue weighted by atomic mass is 9.91. The van der Waals surface area contributed by atoms with Gasteiger partial charge in [0.25, 0.3) is 0 Å². The summed E-state index contributed by atoms with van der Waals surface area (Å²) in [5.74, 6) is 0. The fraction of sp³-hybridized carbons (Fsp3) is 0.133. The predicted octanol–water partition coefficient (Wildman–Crippen LogP) is 16.6. The predicted molar refractivity (Wildman–Crippen MR) is 286 cm³/mol. The molecule has 0 aliphatic heterocycles. The number of aryl methyl sites for hydroxylation is 2. The summed E-state index contributed by atoms with van der Waals surface area (Å²) in [5.41, 5.74) is 14.8. The van der Waals surface area contributed by atoms with Crippen LogP contribution >= 0.6 is 0 Å². The summed E-state index contributed by atoms with van der Waals surface area (Å²) in [6.07, 6.45) is 0. The second-order valence-electron chi connectivity index (χ2n) is 19.5. The Morgan fingerprint density at radius 1 is 0.328 bits per heavy atom. The smallest absolute Gasteiger partial charge is 0.0784 e. The average Bonchev–Trinajstić information content (AvgIpc) is 3.30. The van der Waals surface area contributed by atoms with Crippen molar-refractivity contribution in [3.05, 3.63) is 205 Å². The number of para-hydroxylation sites is 2. The Bertz CT molecular complexity index is 3070. The van der Waals surface area contributed by atoms with Crippen LogP contribution in [0, 0.1) is 13.8 Å². The summed E-state index contributed by atoms with van der Waals surface area (Å²) in [6.45, 7) is 19.4. The number of anilines is 6. The Morgan fingerprint density at radius 2 is 0.656 bits per heavy atom. The minimum absolute atomic E-state index is 1.14. The van der Waals surface area contributed by atoms with Gasteiger partial charge >= 0.3 is 0 Å². The van der Waals surface area contributed by atoms with Crippen LogP contribution in [0.15, 0.2) is 194 Å². The molecule has 0 bridgehead atoms. The van der Waals surface area contributed by atoms with Crippen LogP contribution < -0.4 is 20.2 Å². The molecule has 0 aromatic heterocycles. The monoisotopic (exact) mass is 860 g/mol.